The van der Waals surface area contributed by atoms with E-state index in [0.717, 1.165) is 18.5 Å². The molecule has 2 nitrogen and oxygen atoms in total. The largest absolute Gasteiger partial charge is 0.469 e. The number of hydrogen-bond acceptors (Lipinski definition) is 2. The molecule has 0 spiro atoms. The minimum atomic E-state index is 0.750. The first-order valence-electron chi connectivity index (χ1n) is 4.77. The Morgan fingerprint density at radius 2 is 2.15 bits per heavy atom. The average molecular weight is 182 g/mol. The number of rotatable bonds is 4. The first-order valence-corrected chi connectivity index (χ1v) is 4.77. The Hall–Kier alpha value is -1.05. The minimum absolute atomic E-state index is 0.750. The molecule has 0 radical (unpaired) electrons. The van der Waals surface area contributed by atoms with E-state index in [1.165, 1.54) is 26.2 Å². The standard InChI is InChI=1S/C9H14O.C2H4O/c1-2-3-4-6-9-7-5-8-10-9;1-2-3/h5,7-8H,2-4,6H2,1H3;2H,1H3. The molecule has 0 aromatic carbocycles. The van der Waals surface area contributed by atoms with Crippen LogP contribution in [0, 0.1) is 0 Å². The fourth-order valence-electron chi connectivity index (χ4n) is 1.00. The van der Waals surface area contributed by atoms with Crippen molar-refractivity contribution in [3.05, 3.63) is 24.2 Å². The van der Waals surface area contributed by atoms with Gasteiger partial charge in [0.25, 0.3) is 0 Å². The van der Waals surface area contributed by atoms with Crippen molar-refractivity contribution in [1.82, 2.24) is 0 Å². The number of furan rings is 1. The molecule has 0 amide bonds. The van der Waals surface area contributed by atoms with Crippen LogP contribution in [0.2, 0.25) is 0 Å². The lowest BCUT2D eigenvalue weighted by atomic mass is 10.2. The summed E-state index contributed by atoms with van der Waals surface area (Å²) in [6.45, 7) is 3.65. The fraction of sp³-hybridized carbons (Fsp3) is 0.545. The van der Waals surface area contributed by atoms with Crippen molar-refractivity contribution in [3.63, 3.8) is 0 Å². The van der Waals surface area contributed by atoms with E-state index in [-0.39, 0.29) is 0 Å². The molecule has 0 bridgehead atoms. The van der Waals surface area contributed by atoms with Crippen LogP contribution in [0.25, 0.3) is 0 Å². The van der Waals surface area contributed by atoms with Crippen molar-refractivity contribution in [2.24, 2.45) is 0 Å². The monoisotopic (exact) mass is 182 g/mol. The summed E-state index contributed by atoms with van der Waals surface area (Å²) in [5, 5.41) is 0. The minimum Gasteiger partial charge on any atom is -0.469 e. The van der Waals surface area contributed by atoms with Gasteiger partial charge in [-0.15, -0.1) is 0 Å². The van der Waals surface area contributed by atoms with Crippen LogP contribution in [0.1, 0.15) is 38.9 Å². The van der Waals surface area contributed by atoms with Gasteiger partial charge in [-0.25, -0.2) is 0 Å². The second-order valence-electron chi connectivity index (χ2n) is 2.77. The van der Waals surface area contributed by atoms with E-state index in [9.17, 15) is 0 Å². The maximum Gasteiger partial charge on any atom is 0.116 e. The van der Waals surface area contributed by atoms with Crippen molar-refractivity contribution in [3.8, 4) is 0 Å². The smallest absolute Gasteiger partial charge is 0.116 e. The first kappa shape index (κ1) is 11.9. The lowest BCUT2D eigenvalue weighted by Gasteiger charge is -1.93. The molecule has 74 valence electrons. The summed E-state index contributed by atoms with van der Waals surface area (Å²) >= 11 is 0. The van der Waals surface area contributed by atoms with Crippen molar-refractivity contribution < 1.29 is 9.21 Å². The quantitative estimate of drug-likeness (QED) is 0.528. The Morgan fingerprint density at radius 3 is 2.62 bits per heavy atom. The molecule has 0 aliphatic rings. The van der Waals surface area contributed by atoms with E-state index in [2.05, 4.69) is 6.92 Å². The molecule has 0 fully saturated rings. The molecule has 1 rings (SSSR count). The van der Waals surface area contributed by atoms with Crippen LogP contribution in [0.5, 0.6) is 0 Å². The van der Waals surface area contributed by atoms with Gasteiger partial charge in [0.2, 0.25) is 0 Å². The second-order valence-corrected chi connectivity index (χ2v) is 2.77. The Labute approximate surface area is 79.9 Å². The average Bonchev–Trinajstić information content (AvgIpc) is 2.59. The van der Waals surface area contributed by atoms with Crippen LogP contribution in [0.15, 0.2) is 22.8 Å². The highest BCUT2D eigenvalue weighted by atomic mass is 16.3. The number of aldehydes is 1. The second kappa shape index (κ2) is 9.04. The maximum absolute atomic E-state index is 8.81. The maximum atomic E-state index is 8.81. The molecule has 1 heterocycles. The Balaban J connectivity index is 0.000000424. The zero-order chi connectivity index (χ0) is 9.94. The molecule has 0 unspecified atom stereocenters. The molecule has 0 saturated carbocycles. The van der Waals surface area contributed by atoms with E-state index < -0.39 is 0 Å². The fourth-order valence-corrected chi connectivity index (χ4v) is 1.00. The number of unbranched alkanes of at least 4 members (excludes halogenated alkanes) is 2. The van der Waals surface area contributed by atoms with E-state index in [1.807, 2.05) is 12.1 Å². The zero-order valence-corrected chi connectivity index (χ0v) is 8.45. The Bertz CT molecular complexity index is 190. The van der Waals surface area contributed by atoms with E-state index in [4.69, 9.17) is 9.21 Å². The Morgan fingerprint density at radius 1 is 1.46 bits per heavy atom. The molecule has 0 aliphatic heterocycles. The van der Waals surface area contributed by atoms with Gasteiger partial charge in [-0.1, -0.05) is 19.8 Å². The summed E-state index contributed by atoms with van der Waals surface area (Å²) in [6.07, 6.45) is 7.42. The van der Waals surface area contributed by atoms with Gasteiger partial charge in [-0.05, 0) is 25.5 Å². The van der Waals surface area contributed by atoms with E-state index in [1.54, 1.807) is 6.26 Å². The molecular weight excluding hydrogens is 164 g/mol. The summed E-state index contributed by atoms with van der Waals surface area (Å²) < 4.78 is 5.18. The molecular formula is C11H18O2. The molecule has 0 N–H and O–H groups in total. The highest BCUT2D eigenvalue weighted by Crippen LogP contribution is 2.06. The Kier molecular flexibility index (Phi) is 8.31. The van der Waals surface area contributed by atoms with Crippen LogP contribution in [0.3, 0.4) is 0 Å². The highest BCUT2D eigenvalue weighted by molar-refractivity contribution is 5.44. The van der Waals surface area contributed by atoms with E-state index in [0.29, 0.717) is 0 Å². The summed E-state index contributed by atoms with van der Waals surface area (Å²) in [6, 6.07) is 3.98. The number of carbonyl (C=O) groups is 1. The predicted molar refractivity (Wildman–Crippen MR) is 53.7 cm³/mol. The molecule has 1 aromatic rings. The van der Waals surface area contributed by atoms with Crippen LogP contribution in [0.4, 0.5) is 0 Å². The van der Waals surface area contributed by atoms with Gasteiger partial charge in [-0.3, -0.25) is 0 Å². The normalized spacial score (nSPS) is 8.77. The summed E-state index contributed by atoms with van der Waals surface area (Å²) in [5.41, 5.74) is 0. The number of carbonyl (C=O) groups excluding carboxylic acids is 1. The zero-order valence-electron chi connectivity index (χ0n) is 8.45. The van der Waals surface area contributed by atoms with Gasteiger partial charge in [0.05, 0.1) is 6.26 Å². The molecule has 1 aromatic heterocycles. The van der Waals surface area contributed by atoms with Gasteiger partial charge in [-0.2, -0.15) is 0 Å². The highest BCUT2D eigenvalue weighted by Gasteiger charge is 1.92. The SMILES string of the molecule is CC=O.CCCCCc1ccco1. The van der Waals surface area contributed by atoms with Crippen LogP contribution >= 0.6 is 0 Å². The van der Waals surface area contributed by atoms with Crippen molar-refractivity contribution >= 4 is 6.29 Å². The molecule has 0 atom stereocenters. The van der Waals surface area contributed by atoms with Crippen LogP contribution in [-0.2, 0) is 11.2 Å². The number of aryl methyl sites for hydroxylation is 1. The number of hydrogen-bond donors (Lipinski definition) is 0. The van der Waals surface area contributed by atoms with Crippen molar-refractivity contribution in [2.75, 3.05) is 0 Å². The summed E-state index contributed by atoms with van der Waals surface area (Å²) in [5.74, 6) is 1.12. The molecule has 13 heavy (non-hydrogen) atoms. The third kappa shape index (κ3) is 7.32. The topological polar surface area (TPSA) is 30.2 Å². The molecule has 2 heteroatoms. The van der Waals surface area contributed by atoms with Gasteiger partial charge < -0.3 is 9.21 Å². The van der Waals surface area contributed by atoms with Gasteiger partial charge >= 0.3 is 0 Å². The van der Waals surface area contributed by atoms with Crippen molar-refractivity contribution in [2.45, 2.75) is 39.5 Å². The van der Waals surface area contributed by atoms with Gasteiger partial charge in [0, 0.05) is 6.42 Å². The molecule has 0 aliphatic carbocycles. The first-order chi connectivity index (χ1) is 6.35. The predicted octanol–water partition coefficient (Wildman–Crippen LogP) is 3.22. The van der Waals surface area contributed by atoms with Gasteiger partial charge in [0.1, 0.15) is 12.0 Å². The lowest BCUT2D eigenvalue weighted by molar-refractivity contribution is -0.106. The lowest BCUT2D eigenvalue weighted by Crippen LogP contribution is -1.80. The van der Waals surface area contributed by atoms with Gasteiger partial charge in [0.15, 0.2) is 0 Å². The summed E-state index contributed by atoms with van der Waals surface area (Å²) in [4.78, 5) is 8.81. The third-order valence-corrected chi connectivity index (χ3v) is 1.61. The third-order valence-electron chi connectivity index (χ3n) is 1.61. The summed E-state index contributed by atoms with van der Waals surface area (Å²) in [7, 11) is 0. The molecule has 0 saturated heterocycles. The van der Waals surface area contributed by atoms with Crippen LogP contribution in [-0.4, -0.2) is 6.29 Å². The van der Waals surface area contributed by atoms with E-state index >= 15 is 0 Å². The van der Waals surface area contributed by atoms with Crippen molar-refractivity contribution in [1.29, 1.82) is 0 Å². The van der Waals surface area contributed by atoms with Crippen LogP contribution < -0.4 is 0 Å².